The maximum absolute atomic E-state index is 5.19. The summed E-state index contributed by atoms with van der Waals surface area (Å²) in [6.45, 7) is 5.34. The van der Waals surface area contributed by atoms with E-state index in [1.165, 1.54) is 5.56 Å². The highest BCUT2D eigenvalue weighted by Gasteiger charge is 2.06. The van der Waals surface area contributed by atoms with Gasteiger partial charge in [0.05, 0.1) is 12.3 Å². The van der Waals surface area contributed by atoms with E-state index < -0.39 is 0 Å². The first-order chi connectivity index (χ1) is 10.3. The summed E-state index contributed by atoms with van der Waals surface area (Å²) in [6.07, 6.45) is 4.33. The predicted molar refractivity (Wildman–Crippen MR) is 86.0 cm³/mol. The molecule has 4 nitrogen and oxygen atoms in total. The van der Waals surface area contributed by atoms with Crippen molar-refractivity contribution in [1.82, 2.24) is 15.1 Å². The Balaban J connectivity index is 1.91. The van der Waals surface area contributed by atoms with Gasteiger partial charge in [-0.15, -0.1) is 0 Å². The molecule has 0 amide bonds. The lowest BCUT2D eigenvalue weighted by Crippen LogP contribution is -2.27. The Morgan fingerprint density at radius 3 is 2.76 bits per heavy atom. The van der Waals surface area contributed by atoms with Gasteiger partial charge in [0.1, 0.15) is 0 Å². The lowest BCUT2D eigenvalue weighted by molar-refractivity contribution is 0.150. The van der Waals surface area contributed by atoms with Crippen molar-refractivity contribution in [3.8, 4) is 0 Å². The van der Waals surface area contributed by atoms with Crippen LogP contribution in [0, 0.1) is 6.92 Å². The van der Waals surface area contributed by atoms with Crippen molar-refractivity contribution in [3.63, 3.8) is 0 Å². The zero-order chi connectivity index (χ0) is 14.9. The Morgan fingerprint density at radius 2 is 2.10 bits per heavy atom. The van der Waals surface area contributed by atoms with Crippen LogP contribution in [0.2, 0.25) is 0 Å². The number of methoxy groups -OCH3 is 1. The fourth-order valence-electron chi connectivity index (χ4n) is 2.14. The highest BCUT2D eigenvalue weighted by molar-refractivity contribution is 5.48. The Kier molecular flexibility index (Phi) is 6.19. The van der Waals surface area contributed by atoms with Crippen LogP contribution in [0.3, 0.4) is 0 Å². The molecule has 0 saturated heterocycles. The molecule has 1 aromatic heterocycles. The molecule has 2 aromatic rings. The van der Waals surface area contributed by atoms with E-state index >= 15 is 0 Å². The molecule has 21 heavy (non-hydrogen) atoms. The van der Waals surface area contributed by atoms with E-state index in [-0.39, 0.29) is 0 Å². The summed E-state index contributed by atoms with van der Waals surface area (Å²) in [6, 6.07) is 12.4. The van der Waals surface area contributed by atoms with Crippen molar-refractivity contribution in [3.05, 3.63) is 59.4 Å². The standard InChI is InChI=1S/C17H23N3O/c1-15-13-17(19-18-15)14-20(11-12-21-2)10-6-9-16-7-4-3-5-8-16/h3-9,13H,10-12,14H2,1-2H3,(H,18,19)/b9-6+. The van der Waals surface area contributed by atoms with E-state index in [0.29, 0.717) is 0 Å². The Labute approximate surface area is 126 Å². The van der Waals surface area contributed by atoms with Crippen molar-refractivity contribution in [2.45, 2.75) is 13.5 Å². The van der Waals surface area contributed by atoms with Gasteiger partial charge in [-0.2, -0.15) is 5.10 Å². The molecule has 0 saturated carbocycles. The first kappa shape index (κ1) is 15.5. The molecule has 0 bridgehead atoms. The first-order valence-electron chi connectivity index (χ1n) is 7.21. The SMILES string of the molecule is COCCN(C/C=C/c1ccccc1)Cc1cc(C)[nH]n1. The Hall–Kier alpha value is -1.91. The molecule has 112 valence electrons. The predicted octanol–water partition coefficient (Wildman–Crippen LogP) is 2.88. The van der Waals surface area contributed by atoms with Gasteiger partial charge in [0.25, 0.3) is 0 Å². The van der Waals surface area contributed by atoms with Crippen LogP contribution in [0.25, 0.3) is 6.08 Å². The number of aryl methyl sites for hydroxylation is 1. The van der Waals surface area contributed by atoms with Gasteiger partial charge in [-0.1, -0.05) is 42.5 Å². The van der Waals surface area contributed by atoms with Crippen LogP contribution in [0.4, 0.5) is 0 Å². The molecule has 2 rings (SSSR count). The van der Waals surface area contributed by atoms with Crippen LogP contribution in [0.15, 0.2) is 42.5 Å². The van der Waals surface area contributed by atoms with Crippen molar-refractivity contribution < 1.29 is 4.74 Å². The van der Waals surface area contributed by atoms with Crippen molar-refractivity contribution >= 4 is 6.08 Å². The van der Waals surface area contributed by atoms with Gasteiger partial charge >= 0.3 is 0 Å². The minimum absolute atomic E-state index is 0.725. The van der Waals surface area contributed by atoms with E-state index in [9.17, 15) is 0 Å². The molecule has 0 fully saturated rings. The molecule has 0 spiro atoms. The normalized spacial score (nSPS) is 11.6. The number of rotatable bonds is 8. The van der Waals surface area contributed by atoms with Crippen LogP contribution in [-0.2, 0) is 11.3 Å². The van der Waals surface area contributed by atoms with Crippen molar-refractivity contribution in [2.75, 3.05) is 26.8 Å². The van der Waals surface area contributed by atoms with Crippen LogP contribution in [-0.4, -0.2) is 41.9 Å². The maximum atomic E-state index is 5.19. The number of H-pyrrole nitrogens is 1. The van der Waals surface area contributed by atoms with Gasteiger partial charge in [0, 0.05) is 32.4 Å². The third-order valence-corrected chi connectivity index (χ3v) is 3.23. The minimum atomic E-state index is 0.725. The van der Waals surface area contributed by atoms with Gasteiger partial charge in [-0.25, -0.2) is 0 Å². The molecule has 0 aliphatic rings. The molecular weight excluding hydrogens is 262 g/mol. The smallest absolute Gasteiger partial charge is 0.0765 e. The van der Waals surface area contributed by atoms with Crippen LogP contribution in [0.1, 0.15) is 17.0 Å². The van der Waals surface area contributed by atoms with Gasteiger partial charge in [-0.3, -0.25) is 10.00 Å². The first-order valence-corrected chi connectivity index (χ1v) is 7.21. The number of ether oxygens (including phenoxy) is 1. The molecule has 1 aromatic carbocycles. The topological polar surface area (TPSA) is 41.1 Å². The third kappa shape index (κ3) is 5.53. The third-order valence-electron chi connectivity index (χ3n) is 3.23. The molecule has 0 aliphatic carbocycles. The number of nitrogens with one attached hydrogen (secondary N) is 1. The number of aromatic amines is 1. The highest BCUT2D eigenvalue weighted by atomic mass is 16.5. The van der Waals surface area contributed by atoms with E-state index in [0.717, 1.165) is 37.6 Å². The molecule has 0 aliphatic heterocycles. The molecule has 0 unspecified atom stereocenters. The summed E-state index contributed by atoms with van der Waals surface area (Å²) in [5, 5.41) is 7.28. The van der Waals surface area contributed by atoms with Crippen molar-refractivity contribution in [2.24, 2.45) is 0 Å². The van der Waals surface area contributed by atoms with E-state index in [1.807, 2.05) is 13.0 Å². The van der Waals surface area contributed by atoms with Gasteiger partial charge in [0.15, 0.2) is 0 Å². The van der Waals surface area contributed by atoms with E-state index in [2.05, 4.69) is 57.6 Å². The second kappa shape index (κ2) is 8.39. The van der Waals surface area contributed by atoms with E-state index in [1.54, 1.807) is 7.11 Å². The number of aromatic nitrogens is 2. The highest BCUT2D eigenvalue weighted by Crippen LogP contribution is 2.05. The molecule has 0 radical (unpaired) electrons. The van der Waals surface area contributed by atoms with Gasteiger partial charge in [0.2, 0.25) is 0 Å². The lowest BCUT2D eigenvalue weighted by atomic mass is 10.2. The summed E-state index contributed by atoms with van der Waals surface area (Å²) < 4.78 is 5.19. The van der Waals surface area contributed by atoms with Crippen LogP contribution >= 0.6 is 0 Å². The minimum Gasteiger partial charge on any atom is -0.383 e. The second-order valence-corrected chi connectivity index (χ2v) is 5.08. The second-order valence-electron chi connectivity index (χ2n) is 5.08. The number of benzene rings is 1. The van der Waals surface area contributed by atoms with Crippen molar-refractivity contribution in [1.29, 1.82) is 0 Å². The molecular formula is C17H23N3O. The average molecular weight is 285 g/mol. The van der Waals surface area contributed by atoms with Gasteiger partial charge < -0.3 is 4.74 Å². The lowest BCUT2D eigenvalue weighted by Gasteiger charge is -2.18. The summed E-state index contributed by atoms with van der Waals surface area (Å²) in [7, 11) is 1.73. The quantitative estimate of drug-likeness (QED) is 0.811. The van der Waals surface area contributed by atoms with E-state index in [4.69, 9.17) is 4.74 Å². The summed E-state index contributed by atoms with van der Waals surface area (Å²) in [4.78, 5) is 2.32. The fraction of sp³-hybridized carbons (Fsp3) is 0.353. The van der Waals surface area contributed by atoms with Gasteiger partial charge in [-0.05, 0) is 18.6 Å². The molecule has 0 atom stereocenters. The molecule has 4 heteroatoms. The number of hydrogen-bond donors (Lipinski definition) is 1. The number of nitrogens with zero attached hydrogens (tertiary/aromatic N) is 2. The largest absolute Gasteiger partial charge is 0.383 e. The summed E-state index contributed by atoms with van der Waals surface area (Å²) in [5.41, 5.74) is 3.38. The zero-order valence-corrected chi connectivity index (χ0v) is 12.7. The zero-order valence-electron chi connectivity index (χ0n) is 12.7. The van der Waals surface area contributed by atoms with Crippen LogP contribution in [0.5, 0.6) is 0 Å². The summed E-state index contributed by atoms with van der Waals surface area (Å²) >= 11 is 0. The fourth-order valence-corrected chi connectivity index (χ4v) is 2.14. The Morgan fingerprint density at radius 1 is 1.29 bits per heavy atom. The molecule has 1 heterocycles. The number of hydrogen-bond acceptors (Lipinski definition) is 3. The Bertz CT molecular complexity index is 548. The maximum Gasteiger partial charge on any atom is 0.0765 e. The summed E-state index contributed by atoms with van der Waals surface area (Å²) in [5.74, 6) is 0. The monoisotopic (exact) mass is 285 g/mol. The van der Waals surface area contributed by atoms with Crippen LogP contribution < -0.4 is 0 Å². The molecule has 1 N–H and O–H groups in total. The average Bonchev–Trinajstić information content (AvgIpc) is 2.91.